The Morgan fingerprint density at radius 3 is 2.57 bits per heavy atom. The number of aromatic hydroxyl groups is 1. The monoisotopic (exact) mass is 451 g/mol. The van der Waals surface area contributed by atoms with Gasteiger partial charge in [-0.15, -0.1) is 22.7 Å². The Hall–Kier alpha value is -2.46. The number of halogens is 1. The van der Waals surface area contributed by atoms with Gasteiger partial charge in [0.25, 0.3) is 0 Å². The number of nitrogens with one attached hydrogen (secondary N) is 2. The fourth-order valence-electron chi connectivity index (χ4n) is 2.27. The van der Waals surface area contributed by atoms with E-state index in [0.29, 0.717) is 21.3 Å². The standard InChI is InChI=1S/C18H14ClN3O3S3/c1-9(21-22-18(26)20-14-7-6-13(28-14)17(24)25)12-8-27-16(15(12)23)10-2-4-11(19)5-3-10/h2-8,23H,1H3,(H,24,25)(H2,20,22,26)/b21-9-. The molecule has 0 aliphatic heterocycles. The molecule has 0 saturated heterocycles. The van der Waals surface area contributed by atoms with E-state index >= 15 is 0 Å². The van der Waals surface area contributed by atoms with Crippen molar-refractivity contribution in [1.82, 2.24) is 5.43 Å². The van der Waals surface area contributed by atoms with Crippen molar-refractivity contribution in [3.05, 3.63) is 57.2 Å². The molecular weight excluding hydrogens is 438 g/mol. The van der Waals surface area contributed by atoms with E-state index < -0.39 is 5.97 Å². The number of hydrazone groups is 1. The van der Waals surface area contributed by atoms with Crippen LogP contribution in [0.15, 0.2) is 46.9 Å². The van der Waals surface area contributed by atoms with E-state index in [1.165, 1.54) is 17.4 Å². The Bertz CT molecular complexity index is 1060. The van der Waals surface area contributed by atoms with Crippen LogP contribution in [0.4, 0.5) is 5.00 Å². The Balaban J connectivity index is 1.68. The van der Waals surface area contributed by atoms with Crippen LogP contribution in [0.5, 0.6) is 5.75 Å². The van der Waals surface area contributed by atoms with Gasteiger partial charge in [-0.3, -0.25) is 5.43 Å². The summed E-state index contributed by atoms with van der Waals surface area (Å²) in [6.07, 6.45) is 0. The first-order valence-corrected chi connectivity index (χ1v) is 10.3. The molecule has 2 aromatic heterocycles. The first kappa shape index (κ1) is 20.3. The second kappa shape index (κ2) is 8.70. The van der Waals surface area contributed by atoms with Crippen LogP contribution in [0.2, 0.25) is 5.02 Å². The summed E-state index contributed by atoms with van der Waals surface area (Å²) in [6.45, 7) is 1.75. The highest BCUT2D eigenvalue weighted by Crippen LogP contribution is 2.39. The topological polar surface area (TPSA) is 94.0 Å². The van der Waals surface area contributed by atoms with E-state index in [9.17, 15) is 9.90 Å². The van der Waals surface area contributed by atoms with E-state index in [1.807, 2.05) is 17.5 Å². The number of nitrogens with zero attached hydrogens (tertiary/aromatic N) is 1. The Morgan fingerprint density at radius 1 is 1.21 bits per heavy atom. The van der Waals surface area contributed by atoms with Crippen LogP contribution >= 0.6 is 46.5 Å². The minimum absolute atomic E-state index is 0.138. The summed E-state index contributed by atoms with van der Waals surface area (Å²) in [5.74, 6) is -0.853. The molecule has 0 spiro atoms. The van der Waals surface area contributed by atoms with Gasteiger partial charge in [-0.05, 0) is 49.0 Å². The SMILES string of the molecule is C/C(=N/NC(=S)Nc1ccc(C(=O)O)s1)c1csc(-c2ccc(Cl)cc2)c1O. The zero-order valence-electron chi connectivity index (χ0n) is 14.4. The van der Waals surface area contributed by atoms with Crippen molar-refractivity contribution in [2.75, 3.05) is 5.32 Å². The number of thiophene rings is 2. The van der Waals surface area contributed by atoms with Crippen LogP contribution < -0.4 is 10.7 Å². The molecule has 144 valence electrons. The van der Waals surface area contributed by atoms with Crippen molar-refractivity contribution >= 4 is 68.3 Å². The molecule has 0 saturated carbocycles. The van der Waals surface area contributed by atoms with Gasteiger partial charge in [-0.2, -0.15) is 5.10 Å². The van der Waals surface area contributed by atoms with E-state index in [2.05, 4.69) is 15.8 Å². The summed E-state index contributed by atoms with van der Waals surface area (Å²) in [6, 6.07) is 10.3. The Kier molecular flexibility index (Phi) is 6.30. The lowest BCUT2D eigenvalue weighted by Gasteiger charge is -2.06. The number of benzene rings is 1. The molecule has 0 fully saturated rings. The number of carboxylic acid groups (broad SMARTS) is 1. The van der Waals surface area contributed by atoms with Gasteiger partial charge in [0.1, 0.15) is 10.6 Å². The summed E-state index contributed by atoms with van der Waals surface area (Å²) >= 11 is 13.5. The fourth-order valence-corrected chi connectivity index (χ4v) is 4.38. The van der Waals surface area contributed by atoms with E-state index in [0.717, 1.165) is 21.8 Å². The molecular formula is C18H14ClN3O3S3. The number of thiocarbonyl (C=S) groups is 1. The Morgan fingerprint density at radius 2 is 1.93 bits per heavy atom. The van der Waals surface area contributed by atoms with Crippen molar-refractivity contribution in [1.29, 1.82) is 0 Å². The van der Waals surface area contributed by atoms with Crippen molar-refractivity contribution in [2.45, 2.75) is 6.92 Å². The van der Waals surface area contributed by atoms with E-state index in [-0.39, 0.29) is 15.7 Å². The normalized spacial score (nSPS) is 11.3. The molecule has 3 aromatic rings. The summed E-state index contributed by atoms with van der Waals surface area (Å²) in [5.41, 5.74) is 4.70. The van der Waals surface area contributed by atoms with Gasteiger partial charge >= 0.3 is 5.97 Å². The van der Waals surface area contributed by atoms with E-state index in [1.54, 1.807) is 25.1 Å². The molecule has 0 aliphatic carbocycles. The number of aromatic carboxylic acids is 1. The van der Waals surface area contributed by atoms with Crippen LogP contribution in [0, 0.1) is 0 Å². The lowest BCUT2D eigenvalue weighted by molar-refractivity contribution is 0.0702. The molecule has 0 amide bonds. The van der Waals surface area contributed by atoms with Gasteiger partial charge in [0.15, 0.2) is 5.11 Å². The quantitative estimate of drug-likeness (QED) is 0.240. The fraction of sp³-hybridized carbons (Fsp3) is 0.0556. The highest BCUT2D eigenvalue weighted by molar-refractivity contribution is 7.80. The van der Waals surface area contributed by atoms with Crippen molar-refractivity contribution < 1.29 is 15.0 Å². The number of rotatable bonds is 5. The van der Waals surface area contributed by atoms with Crippen molar-refractivity contribution in [3.8, 4) is 16.2 Å². The number of hydrogen-bond acceptors (Lipinski definition) is 6. The molecule has 0 atom stereocenters. The smallest absolute Gasteiger partial charge is 0.345 e. The van der Waals surface area contributed by atoms with E-state index in [4.69, 9.17) is 28.9 Å². The summed E-state index contributed by atoms with van der Waals surface area (Å²) in [4.78, 5) is 11.8. The minimum atomic E-state index is -0.991. The van der Waals surface area contributed by atoms with Gasteiger partial charge in [-0.25, -0.2) is 4.79 Å². The molecule has 6 nitrogen and oxygen atoms in total. The third kappa shape index (κ3) is 4.68. The molecule has 3 rings (SSSR count). The molecule has 10 heteroatoms. The maximum absolute atomic E-state index is 10.9. The van der Waals surface area contributed by atoms with Gasteiger partial charge in [-0.1, -0.05) is 23.7 Å². The summed E-state index contributed by atoms with van der Waals surface area (Å²) in [7, 11) is 0. The van der Waals surface area contributed by atoms with Crippen LogP contribution in [-0.4, -0.2) is 27.0 Å². The predicted octanol–water partition coefficient (Wildman–Crippen LogP) is 5.24. The lowest BCUT2D eigenvalue weighted by Crippen LogP contribution is -2.24. The average Bonchev–Trinajstić information content (AvgIpc) is 3.27. The number of carbonyl (C=O) groups is 1. The molecule has 28 heavy (non-hydrogen) atoms. The average molecular weight is 452 g/mol. The molecule has 1 aromatic carbocycles. The minimum Gasteiger partial charge on any atom is -0.506 e. The predicted molar refractivity (Wildman–Crippen MR) is 119 cm³/mol. The largest absolute Gasteiger partial charge is 0.506 e. The van der Waals surface area contributed by atoms with Crippen LogP contribution in [0.25, 0.3) is 10.4 Å². The second-order valence-electron chi connectivity index (χ2n) is 5.57. The first-order chi connectivity index (χ1) is 13.3. The molecule has 4 N–H and O–H groups in total. The number of anilines is 1. The van der Waals surface area contributed by atoms with Crippen LogP contribution in [-0.2, 0) is 0 Å². The summed E-state index contributed by atoms with van der Waals surface area (Å²) < 4.78 is 0. The molecule has 0 bridgehead atoms. The maximum Gasteiger partial charge on any atom is 0.345 e. The van der Waals surface area contributed by atoms with Crippen LogP contribution in [0.1, 0.15) is 22.2 Å². The zero-order valence-corrected chi connectivity index (χ0v) is 17.6. The van der Waals surface area contributed by atoms with Gasteiger partial charge < -0.3 is 15.5 Å². The zero-order chi connectivity index (χ0) is 20.3. The van der Waals surface area contributed by atoms with Gasteiger partial charge in [0, 0.05) is 10.4 Å². The highest BCUT2D eigenvalue weighted by Gasteiger charge is 2.15. The van der Waals surface area contributed by atoms with Crippen molar-refractivity contribution in [3.63, 3.8) is 0 Å². The van der Waals surface area contributed by atoms with Crippen LogP contribution in [0.3, 0.4) is 0 Å². The number of hydrogen-bond donors (Lipinski definition) is 4. The van der Waals surface area contributed by atoms with Gasteiger partial charge in [0.05, 0.1) is 21.2 Å². The Labute approximate surface area is 179 Å². The summed E-state index contributed by atoms with van der Waals surface area (Å²) in [5, 5.41) is 29.8. The molecule has 0 unspecified atom stereocenters. The van der Waals surface area contributed by atoms with Gasteiger partial charge in [0.2, 0.25) is 0 Å². The maximum atomic E-state index is 10.9. The number of carboxylic acids is 1. The third-order valence-electron chi connectivity index (χ3n) is 3.64. The second-order valence-corrected chi connectivity index (χ2v) is 8.37. The molecule has 0 aliphatic rings. The highest BCUT2D eigenvalue weighted by atomic mass is 35.5. The lowest BCUT2D eigenvalue weighted by atomic mass is 10.1. The first-order valence-electron chi connectivity index (χ1n) is 7.86. The molecule has 0 radical (unpaired) electrons. The molecule has 2 heterocycles. The third-order valence-corrected chi connectivity index (χ3v) is 6.09. The van der Waals surface area contributed by atoms with Crippen molar-refractivity contribution in [2.24, 2.45) is 5.10 Å².